The van der Waals surface area contributed by atoms with E-state index in [0.29, 0.717) is 12.5 Å². The summed E-state index contributed by atoms with van der Waals surface area (Å²) in [6.07, 6.45) is 1.15. The number of methoxy groups -OCH3 is 2. The number of likely N-dealkylation sites (tertiary alicyclic amines) is 1. The van der Waals surface area contributed by atoms with E-state index in [2.05, 4.69) is 29.3 Å². The van der Waals surface area contributed by atoms with Crippen molar-refractivity contribution in [3.05, 3.63) is 35.9 Å². The molecule has 5 nitrogen and oxygen atoms in total. The molecule has 1 aromatic rings. The second-order valence-electron chi connectivity index (χ2n) is 5.89. The van der Waals surface area contributed by atoms with Crippen LogP contribution in [0.5, 0.6) is 0 Å². The Bertz CT molecular complexity index is 484. The van der Waals surface area contributed by atoms with Crippen molar-refractivity contribution in [2.45, 2.75) is 19.4 Å². The van der Waals surface area contributed by atoms with Gasteiger partial charge in [-0.3, -0.25) is 4.99 Å². The van der Waals surface area contributed by atoms with Gasteiger partial charge in [-0.2, -0.15) is 0 Å². The first-order valence-electron chi connectivity index (χ1n) is 8.38. The van der Waals surface area contributed by atoms with Gasteiger partial charge in [-0.05, 0) is 18.9 Å². The van der Waals surface area contributed by atoms with Crippen molar-refractivity contribution in [3.8, 4) is 0 Å². The summed E-state index contributed by atoms with van der Waals surface area (Å²) in [5.41, 5.74) is 1.16. The summed E-state index contributed by atoms with van der Waals surface area (Å²) in [5, 5.41) is 3.40. The van der Waals surface area contributed by atoms with Gasteiger partial charge in [-0.1, -0.05) is 30.3 Å². The molecule has 1 aromatic carbocycles. The minimum Gasteiger partial charge on any atom is -0.384 e. The van der Waals surface area contributed by atoms with E-state index in [4.69, 9.17) is 14.5 Å². The molecule has 1 fully saturated rings. The van der Waals surface area contributed by atoms with Crippen LogP contribution in [-0.4, -0.2) is 57.9 Å². The van der Waals surface area contributed by atoms with Gasteiger partial charge in [0.05, 0.1) is 13.2 Å². The van der Waals surface area contributed by atoms with Gasteiger partial charge in [0.1, 0.15) is 6.10 Å². The number of hydrogen-bond donors (Lipinski definition) is 1. The lowest BCUT2D eigenvalue weighted by atomic mass is 10.1. The molecule has 6 heteroatoms. The van der Waals surface area contributed by atoms with E-state index in [1.807, 2.05) is 18.2 Å². The second-order valence-corrected chi connectivity index (χ2v) is 5.89. The number of nitrogens with zero attached hydrogens (tertiary/aromatic N) is 2. The molecule has 2 rings (SSSR count). The Morgan fingerprint density at radius 1 is 1.33 bits per heavy atom. The van der Waals surface area contributed by atoms with Crippen molar-refractivity contribution in [2.75, 3.05) is 47.0 Å². The van der Waals surface area contributed by atoms with Crippen LogP contribution in [0.15, 0.2) is 35.3 Å². The molecular formula is C18H30IN3O2. The lowest BCUT2D eigenvalue weighted by Crippen LogP contribution is -2.40. The van der Waals surface area contributed by atoms with Crippen molar-refractivity contribution >= 4 is 29.9 Å². The Morgan fingerprint density at radius 3 is 2.71 bits per heavy atom. The maximum atomic E-state index is 5.61. The minimum atomic E-state index is -0.0118. The lowest BCUT2D eigenvalue weighted by molar-refractivity contribution is 0.110. The number of hydrogen-bond acceptors (Lipinski definition) is 3. The van der Waals surface area contributed by atoms with Crippen molar-refractivity contribution in [1.29, 1.82) is 0 Å². The van der Waals surface area contributed by atoms with Crippen LogP contribution in [0, 0.1) is 5.92 Å². The van der Waals surface area contributed by atoms with Crippen LogP contribution >= 0.6 is 24.0 Å². The molecule has 0 aromatic heterocycles. The van der Waals surface area contributed by atoms with E-state index < -0.39 is 0 Å². The molecule has 24 heavy (non-hydrogen) atoms. The summed E-state index contributed by atoms with van der Waals surface area (Å²) < 4.78 is 10.9. The lowest BCUT2D eigenvalue weighted by Gasteiger charge is -2.22. The topological polar surface area (TPSA) is 46.1 Å². The highest BCUT2D eigenvalue weighted by molar-refractivity contribution is 14.0. The molecular weight excluding hydrogens is 417 g/mol. The Hall–Kier alpha value is -0.860. The summed E-state index contributed by atoms with van der Waals surface area (Å²) in [7, 11) is 3.51. The third-order valence-corrected chi connectivity index (χ3v) is 4.19. The minimum absolute atomic E-state index is 0. The Labute approximate surface area is 162 Å². The quantitative estimate of drug-likeness (QED) is 0.397. The third kappa shape index (κ3) is 6.22. The molecule has 1 aliphatic rings. The van der Waals surface area contributed by atoms with E-state index in [0.717, 1.165) is 44.2 Å². The zero-order chi connectivity index (χ0) is 16.5. The number of halogens is 1. The third-order valence-electron chi connectivity index (χ3n) is 4.19. The summed E-state index contributed by atoms with van der Waals surface area (Å²) in [5.74, 6) is 1.57. The monoisotopic (exact) mass is 447 g/mol. The summed E-state index contributed by atoms with van der Waals surface area (Å²) in [6.45, 7) is 6.44. The first-order valence-corrected chi connectivity index (χ1v) is 8.38. The van der Waals surface area contributed by atoms with E-state index in [-0.39, 0.29) is 30.1 Å². The fraction of sp³-hybridized carbons (Fsp3) is 0.611. The average Bonchev–Trinajstić information content (AvgIpc) is 3.04. The summed E-state index contributed by atoms with van der Waals surface area (Å²) >= 11 is 0. The van der Waals surface area contributed by atoms with Gasteiger partial charge in [-0.15, -0.1) is 24.0 Å². The second kappa shape index (κ2) is 11.7. The van der Waals surface area contributed by atoms with Crippen molar-refractivity contribution < 1.29 is 9.47 Å². The van der Waals surface area contributed by atoms with Crippen LogP contribution in [0.4, 0.5) is 0 Å². The Morgan fingerprint density at radius 2 is 2.08 bits per heavy atom. The molecule has 1 heterocycles. The van der Waals surface area contributed by atoms with Gasteiger partial charge in [0.2, 0.25) is 0 Å². The molecule has 0 spiro atoms. The summed E-state index contributed by atoms with van der Waals surface area (Å²) in [6, 6.07) is 10.3. The zero-order valence-electron chi connectivity index (χ0n) is 14.9. The molecule has 1 N–H and O–H groups in total. The first kappa shape index (κ1) is 21.2. The van der Waals surface area contributed by atoms with Gasteiger partial charge in [0, 0.05) is 39.8 Å². The molecule has 2 atom stereocenters. The molecule has 0 radical (unpaired) electrons. The number of guanidine groups is 1. The van der Waals surface area contributed by atoms with Gasteiger partial charge in [0.15, 0.2) is 5.96 Å². The molecule has 1 aliphatic heterocycles. The number of aliphatic imine (C=N–C) groups is 1. The van der Waals surface area contributed by atoms with Crippen LogP contribution in [0.25, 0.3) is 0 Å². The highest BCUT2D eigenvalue weighted by Crippen LogP contribution is 2.19. The largest absolute Gasteiger partial charge is 0.384 e. The van der Waals surface area contributed by atoms with Crippen LogP contribution in [-0.2, 0) is 9.47 Å². The van der Waals surface area contributed by atoms with E-state index in [1.165, 1.54) is 0 Å². The molecule has 0 saturated carbocycles. The predicted molar refractivity (Wildman–Crippen MR) is 109 cm³/mol. The highest BCUT2D eigenvalue weighted by Gasteiger charge is 2.25. The molecule has 0 aliphatic carbocycles. The SMILES string of the molecule is CCNC(=NCC(OC)c1ccccc1)N1CCC(COC)C1.I. The van der Waals surface area contributed by atoms with E-state index in [1.54, 1.807) is 14.2 Å². The molecule has 136 valence electrons. The molecule has 2 unspecified atom stereocenters. The van der Waals surface area contributed by atoms with Crippen molar-refractivity contribution in [3.63, 3.8) is 0 Å². The van der Waals surface area contributed by atoms with E-state index in [9.17, 15) is 0 Å². The maximum absolute atomic E-state index is 5.61. The fourth-order valence-corrected chi connectivity index (χ4v) is 2.98. The maximum Gasteiger partial charge on any atom is 0.194 e. The molecule has 0 bridgehead atoms. The normalized spacial score (nSPS) is 19.0. The van der Waals surface area contributed by atoms with Crippen LogP contribution in [0.1, 0.15) is 25.0 Å². The van der Waals surface area contributed by atoms with Crippen LogP contribution in [0.3, 0.4) is 0 Å². The predicted octanol–water partition coefficient (Wildman–Crippen LogP) is 2.93. The smallest absolute Gasteiger partial charge is 0.194 e. The van der Waals surface area contributed by atoms with Gasteiger partial charge >= 0.3 is 0 Å². The number of benzene rings is 1. The van der Waals surface area contributed by atoms with Gasteiger partial charge in [0.25, 0.3) is 0 Å². The molecule has 1 saturated heterocycles. The summed E-state index contributed by atoms with van der Waals surface area (Å²) in [4.78, 5) is 7.13. The molecule has 0 amide bonds. The van der Waals surface area contributed by atoms with E-state index >= 15 is 0 Å². The Balaban J connectivity index is 0.00000288. The number of nitrogens with one attached hydrogen (secondary N) is 1. The number of rotatable bonds is 7. The first-order chi connectivity index (χ1) is 11.3. The average molecular weight is 447 g/mol. The highest BCUT2D eigenvalue weighted by atomic mass is 127. The number of ether oxygens (including phenoxy) is 2. The van der Waals surface area contributed by atoms with Crippen LogP contribution < -0.4 is 5.32 Å². The zero-order valence-corrected chi connectivity index (χ0v) is 17.2. The van der Waals surface area contributed by atoms with Crippen molar-refractivity contribution in [1.82, 2.24) is 10.2 Å². The van der Waals surface area contributed by atoms with Crippen LogP contribution in [0.2, 0.25) is 0 Å². The van der Waals surface area contributed by atoms with Gasteiger partial charge < -0.3 is 19.7 Å². The van der Waals surface area contributed by atoms with Crippen molar-refractivity contribution in [2.24, 2.45) is 10.9 Å². The van der Waals surface area contributed by atoms with Gasteiger partial charge in [-0.25, -0.2) is 0 Å². The fourth-order valence-electron chi connectivity index (χ4n) is 2.98. The standard InChI is InChI=1S/C18H29N3O2.HI/c1-4-19-18(21-11-10-15(13-21)14-22-2)20-12-17(23-3)16-8-6-5-7-9-16;/h5-9,15,17H,4,10-14H2,1-3H3,(H,19,20);1H. The Kier molecular flexibility index (Phi) is 10.3.